The van der Waals surface area contributed by atoms with Crippen molar-refractivity contribution >= 4 is 44.6 Å². The highest BCUT2D eigenvalue weighted by molar-refractivity contribution is 9.10. The highest BCUT2D eigenvalue weighted by atomic mass is 79.9. The Balaban J connectivity index is 1.79. The Labute approximate surface area is 170 Å². The first-order valence-electron chi connectivity index (χ1n) is 8.55. The first kappa shape index (κ1) is 18.0. The van der Waals surface area contributed by atoms with Crippen molar-refractivity contribution in [2.45, 2.75) is 25.5 Å². The number of hydrogen-bond donors (Lipinski definition) is 0. The van der Waals surface area contributed by atoms with Gasteiger partial charge in [-0.3, -0.25) is 0 Å². The summed E-state index contributed by atoms with van der Waals surface area (Å²) in [7, 11) is 0. The molecule has 0 spiro atoms. The molecule has 1 fully saturated rings. The average Bonchev–Trinajstić information content (AvgIpc) is 3.28. The molecule has 2 heterocycles. The third kappa shape index (κ3) is 4.12. The van der Waals surface area contributed by atoms with Crippen molar-refractivity contribution in [2.24, 2.45) is 4.99 Å². The molecule has 1 saturated heterocycles. The predicted molar refractivity (Wildman–Crippen MR) is 111 cm³/mol. The van der Waals surface area contributed by atoms with Crippen LogP contribution in [0.3, 0.4) is 0 Å². The monoisotopic (exact) mass is 448 g/mol. The number of ether oxygens (including phenoxy) is 1. The van der Waals surface area contributed by atoms with Crippen LogP contribution < -0.4 is 4.80 Å². The van der Waals surface area contributed by atoms with Gasteiger partial charge in [-0.05, 0) is 49.2 Å². The molecular weight excluding hydrogens is 432 g/mol. The van der Waals surface area contributed by atoms with Gasteiger partial charge >= 0.3 is 0 Å². The fourth-order valence-electron chi connectivity index (χ4n) is 3.09. The van der Waals surface area contributed by atoms with Crippen LogP contribution >= 0.6 is 38.9 Å². The van der Waals surface area contributed by atoms with Crippen molar-refractivity contribution in [2.75, 3.05) is 6.61 Å². The van der Waals surface area contributed by atoms with Crippen molar-refractivity contribution < 1.29 is 4.74 Å². The lowest BCUT2D eigenvalue weighted by molar-refractivity contribution is 0.0968. The second kappa shape index (κ2) is 8.09. The zero-order chi connectivity index (χ0) is 17.9. The van der Waals surface area contributed by atoms with Gasteiger partial charge in [-0.25, -0.2) is 4.99 Å². The zero-order valence-electron chi connectivity index (χ0n) is 14.1. The van der Waals surface area contributed by atoms with Crippen LogP contribution in [0.15, 0.2) is 63.4 Å². The van der Waals surface area contributed by atoms with Crippen LogP contribution in [0.5, 0.6) is 0 Å². The lowest BCUT2D eigenvalue weighted by Gasteiger charge is -2.14. The molecule has 0 amide bonds. The van der Waals surface area contributed by atoms with Gasteiger partial charge in [0.15, 0.2) is 4.80 Å². The van der Waals surface area contributed by atoms with Crippen molar-refractivity contribution in [1.82, 2.24) is 4.57 Å². The van der Waals surface area contributed by atoms with Crippen LogP contribution in [0.1, 0.15) is 12.8 Å². The third-order valence-corrected chi connectivity index (χ3v) is 5.99. The molecule has 0 N–H and O–H groups in total. The smallest absolute Gasteiger partial charge is 0.190 e. The van der Waals surface area contributed by atoms with E-state index in [0.717, 1.165) is 46.0 Å². The fraction of sp³-hybridized carbons (Fsp3) is 0.250. The zero-order valence-corrected chi connectivity index (χ0v) is 17.2. The Bertz CT molecular complexity index is 958. The van der Waals surface area contributed by atoms with E-state index in [-0.39, 0.29) is 6.10 Å². The van der Waals surface area contributed by atoms with Crippen molar-refractivity contribution in [3.63, 3.8) is 0 Å². The normalized spacial score (nSPS) is 17.8. The SMILES string of the molecule is Clc1ccc(N=c2scc(-c3cccc(Br)c3)n2CC2CCCO2)cc1. The standard InChI is InChI=1S/C20H18BrClN2OS/c21-15-4-1-3-14(11-15)19-13-26-20(23-17-8-6-16(22)7-9-17)24(19)12-18-5-2-10-25-18/h1,3-4,6-9,11,13,18H,2,5,10,12H2. The first-order valence-corrected chi connectivity index (χ1v) is 10.6. The van der Waals surface area contributed by atoms with E-state index < -0.39 is 0 Å². The molecule has 1 aliphatic rings. The van der Waals surface area contributed by atoms with Gasteiger partial charge in [-0.1, -0.05) is 39.7 Å². The minimum atomic E-state index is 0.250. The molecular formula is C20H18BrClN2OS. The summed E-state index contributed by atoms with van der Waals surface area (Å²) < 4.78 is 9.22. The molecule has 0 bridgehead atoms. The van der Waals surface area contributed by atoms with Crippen LogP contribution in [-0.2, 0) is 11.3 Å². The summed E-state index contributed by atoms with van der Waals surface area (Å²) in [5, 5.41) is 2.89. The van der Waals surface area contributed by atoms with Gasteiger partial charge in [0.1, 0.15) is 0 Å². The second-order valence-electron chi connectivity index (χ2n) is 6.25. The van der Waals surface area contributed by atoms with Gasteiger partial charge in [0.25, 0.3) is 0 Å². The molecule has 134 valence electrons. The van der Waals surface area contributed by atoms with Gasteiger partial charge in [-0.15, -0.1) is 11.3 Å². The minimum absolute atomic E-state index is 0.250. The third-order valence-electron chi connectivity index (χ3n) is 4.38. The van der Waals surface area contributed by atoms with Gasteiger partial charge in [0, 0.05) is 27.0 Å². The summed E-state index contributed by atoms with van der Waals surface area (Å²) in [6.07, 6.45) is 2.48. The summed E-state index contributed by atoms with van der Waals surface area (Å²) in [5.41, 5.74) is 3.24. The highest BCUT2D eigenvalue weighted by Crippen LogP contribution is 2.26. The molecule has 0 aliphatic carbocycles. The lowest BCUT2D eigenvalue weighted by Crippen LogP contribution is -2.24. The number of benzene rings is 2. The van der Waals surface area contributed by atoms with E-state index in [1.165, 1.54) is 11.3 Å². The van der Waals surface area contributed by atoms with E-state index in [1.54, 1.807) is 11.3 Å². The van der Waals surface area contributed by atoms with Gasteiger partial charge in [0.2, 0.25) is 0 Å². The number of aromatic nitrogens is 1. The number of hydrogen-bond acceptors (Lipinski definition) is 3. The van der Waals surface area contributed by atoms with Gasteiger partial charge < -0.3 is 9.30 Å². The number of halogens is 2. The van der Waals surface area contributed by atoms with Crippen LogP contribution in [0.4, 0.5) is 5.69 Å². The van der Waals surface area contributed by atoms with E-state index >= 15 is 0 Å². The van der Waals surface area contributed by atoms with Crippen LogP contribution in [0.25, 0.3) is 11.3 Å². The highest BCUT2D eigenvalue weighted by Gasteiger charge is 2.19. The Morgan fingerprint density at radius 1 is 1.23 bits per heavy atom. The van der Waals surface area contributed by atoms with Gasteiger partial charge in [-0.2, -0.15) is 0 Å². The summed E-state index contributed by atoms with van der Waals surface area (Å²) in [5.74, 6) is 0. The van der Waals surface area contributed by atoms with E-state index in [2.05, 4.69) is 44.1 Å². The van der Waals surface area contributed by atoms with Crippen molar-refractivity contribution in [3.8, 4) is 11.3 Å². The molecule has 0 saturated carbocycles. The lowest BCUT2D eigenvalue weighted by atomic mass is 10.1. The van der Waals surface area contributed by atoms with Crippen molar-refractivity contribution in [1.29, 1.82) is 0 Å². The molecule has 4 rings (SSSR count). The largest absolute Gasteiger partial charge is 0.376 e. The van der Waals surface area contributed by atoms with Gasteiger partial charge in [0.05, 0.1) is 24.0 Å². The molecule has 1 unspecified atom stereocenters. The Morgan fingerprint density at radius 2 is 2.08 bits per heavy atom. The molecule has 6 heteroatoms. The summed E-state index contributed by atoms with van der Waals surface area (Å²) >= 11 is 11.2. The molecule has 3 aromatic rings. The molecule has 3 nitrogen and oxygen atoms in total. The molecule has 1 aromatic heterocycles. The maximum Gasteiger partial charge on any atom is 0.190 e. The maximum atomic E-state index is 5.99. The minimum Gasteiger partial charge on any atom is -0.376 e. The molecule has 26 heavy (non-hydrogen) atoms. The predicted octanol–water partition coefficient (Wildman–Crippen LogP) is 6.04. The fourth-order valence-corrected chi connectivity index (χ4v) is 4.56. The second-order valence-corrected chi connectivity index (χ2v) is 8.44. The topological polar surface area (TPSA) is 26.5 Å². The van der Waals surface area contributed by atoms with Crippen molar-refractivity contribution in [3.05, 3.63) is 68.2 Å². The quantitative estimate of drug-likeness (QED) is 0.476. The molecule has 1 atom stereocenters. The Morgan fingerprint density at radius 3 is 2.81 bits per heavy atom. The van der Waals surface area contributed by atoms with E-state index in [0.29, 0.717) is 0 Å². The summed E-state index contributed by atoms with van der Waals surface area (Å²) in [6, 6.07) is 16.0. The van der Waals surface area contributed by atoms with E-state index in [4.69, 9.17) is 21.3 Å². The number of thiazole rings is 1. The van der Waals surface area contributed by atoms with Crippen LogP contribution in [0.2, 0.25) is 5.02 Å². The summed E-state index contributed by atoms with van der Waals surface area (Å²) in [6.45, 7) is 1.67. The molecule has 1 aliphatic heterocycles. The first-order chi connectivity index (χ1) is 12.7. The number of nitrogens with zero attached hydrogens (tertiary/aromatic N) is 2. The maximum absolute atomic E-state index is 5.99. The van der Waals surface area contributed by atoms with Crippen LogP contribution in [0, 0.1) is 0 Å². The number of rotatable bonds is 4. The Hall–Kier alpha value is -1.40. The molecule has 0 radical (unpaired) electrons. The Kier molecular flexibility index (Phi) is 5.60. The molecule has 2 aromatic carbocycles. The van der Waals surface area contributed by atoms with Crippen LogP contribution in [-0.4, -0.2) is 17.3 Å². The average molecular weight is 450 g/mol. The van der Waals surface area contributed by atoms with E-state index in [1.807, 2.05) is 30.3 Å². The summed E-state index contributed by atoms with van der Waals surface area (Å²) in [4.78, 5) is 5.82. The van der Waals surface area contributed by atoms with E-state index in [9.17, 15) is 0 Å².